The molecule has 0 spiro atoms. The summed E-state index contributed by atoms with van der Waals surface area (Å²) in [4.78, 5) is 1.40. The molecule has 2 atom stereocenters. The Morgan fingerprint density at radius 1 is 0.575 bits per heavy atom. The Kier molecular flexibility index (Phi) is 4.73. The van der Waals surface area contributed by atoms with Gasteiger partial charge < -0.3 is 4.57 Å². The van der Waals surface area contributed by atoms with Gasteiger partial charge in [0.2, 0.25) is 0 Å². The van der Waals surface area contributed by atoms with Gasteiger partial charge in [0.05, 0.1) is 11.0 Å². The van der Waals surface area contributed by atoms with Crippen molar-refractivity contribution < 1.29 is 0 Å². The van der Waals surface area contributed by atoms with E-state index in [4.69, 9.17) is 0 Å². The lowest BCUT2D eigenvalue weighted by Crippen LogP contribution is -2.14. The predicted octanol–water partition coefficient (Wildman–Crippen LogP) is 10.3. The van der Waals surface area contributed by atoms with Crippen molar-refractivity contribution in [2.45, 2.75) is 16.1 Å². The summed E-state index contributed by atoms with van der Waals surface area (Å²) in [6.45, 7) is 0. The third-order valence-corrected chi connectivity index (χ3v) is 10.1. The molecule has 40 heavy (non-hydrogen) atoms. The monoisotopic (exact) mass is 527 g/mol. The number of allylic oxidation sites excluding steroid dienone is 3. The molecule has 0 fully saturated rings. The molecule has 6 aromatic carbocycles. The Labute approximate surface area is 237 Å². The Morgan fingerprint density at radius 3 is 2.25 bits per heavy atom. The van der Waals surface area contributed by atoms with E-state index in [0.29, 0.717) is 11.2 Å². The fourth-order valence-electron chi connectivity index (χ4n) is 6.82. The van der Waals surface area contributed by atoms with Crippen LogP contribution in [0.4, 0.5) is 0 Å². The number of fused-ring (bicyclic) bond motifs is 8. The van der Waals surface area contributed by atoms with Crippen molar-refractivity contribution in [3.63, 3.8) is 0 Å². The number of benzene rings is 6. The van der Waals surface area contributed by atoms with Crippen LogP contribution in [0.5, 0.6) is 0 Å². The standard InChI is InChI=1S/C38H25NS/c1-2-9-25-21-28-22-29(18-16-26(28)20-24(25)8-1)39-35-14-5-3-10-31(35)34-23-27(17-19-36(34)39)30-12-7-13-33-32-11-4-6-15-37(32)40-38(30)33/h1-23,30,38H. The van der Waals surface area contributed by atoms with Gasteiger partial charge in [-0.15, -0.1) is 11.8 Å². The number of nitrogens with zero attached hydrogens (tertiary/aromatic N) is 1. The summed E-state index contributed by atoms with van der Waals surface area (Å²) >= 11 is 2.01. The summed E-state index contributed by atoms with van der Waals surface area (Å²) in [6, 6.07) is 44.9. The smallest absolute Gasteiger partial charge is 0.0541 e. The van der Waals surface area contributed by atoms with Crippen LogP contribution in [0.1, 0.15) is 17.0 Å². The van der Waals surface area contributed by atoms with Crippen LogP contribution in [0, 0.1) is 0 Å². The molecule has 9 rings (SSSR count). The quantitative estimate of drug-likeness (QED) is 0.202. The molecule has 2 unspecified atom stereocenters. The van der Waals surface area contributed by atoms with Gasteiger partial charge in [0.25, 0.3) is 0 Å². The summed E-state index contributed by atoms with van der Waals surface area (Å²) in [5.74, 6) is 0.345. The molecule has 0 amide bonds. The number of hydrogen-bond donors (Lipinski definition) is 0. The van der Waals surface area contributed by atoms with Crippen LogP contribution < -0.4 is 0 Å². The van der Waals surface area contributed by atoms with Gasteiger partial charge in [-0.2, -0.15) is 0 Å². The third-order valence-electron chi connectivity index (χ3n) is 8.71. The molecular weight excluding hydrogens is 502 g/mol. The first-order valence-corrected chi connectivity index (χ1v) is 14.8. The van der Waals surface area contributed by atoms with E-state index in [1.165, 1.54) is 70.6 Å². The normalized spacial score (nSPS) is 17.9. The maximum absolute atomic E-state index is 2.45. The molecule has 0 N–H and O–H groups in total. The van der Waals surface area contributed by atoms with Gasteiger partial charge in [0.1, 0.15) is 0 Å². The molecule has 0 saturated heterocycles. The van der Waals surface area contributed by atoms with E-state index in [-0.39, 0.29) is 0 Å². The highest BCUT2D eigenvalue weighted by Gasteiger charge is 2.35. The maximum Gasteiger partial charge on any atom is 0.0541 e. The molecular formula is C38H25NS. The highest BCUT2D eigenvalue weighted by atomic mass is 32.2. The van der Waals surface area contributed by atoms with Crippen LogP contribution in [0.25, 0.3) is 54.6 Å². The molecule has 0 saturated carbocycles. The summed E-state index contributed by atoms with van der Waals surface area (Å²) < 4.78 is 2.44. The predicted molar refractivity (Wildman–Crippen MR) is 172 cm³/mol. The zero-order chi connectivity index (χ0) is 26.2. The topological polar surface area (TPSA) is 4.93 Å². The fourth-order valence-corrected chi connectivity index (χ4v) is 8.29. The first-order valence-electron chi connectivity index (χ1n) is 13.9. The molecule has 188 valence electrons. The molecule has 1 aliphatic carbocycles. The second-order valence-electron chi connectivity index (χ2n) is 10.9. The average Bonchev–Trinajstić information content (AvgIpc) is 3.55. The summed E-state index contributed by atoms with van der Waals surface area (Å²) in [5, 5.41) is 8.14. The molecule has 0 radical (unpaired) electrons. The minimum atomic E-state index is 0.345. The van der Waals surface area contributed by atoms with E-state index in [1.807, 2.05) is 11.8 Å². The van der Waals surface area contributed by atoms with Crippen LogP contribution >= 0.6 is 11.8 Å². The Morgan fingerprint density at radius 2 is 1.32 bits per heavy atom. The first kappa shape index (κ1) is 22.3. The van der Waals surface area contributed by atoms with E-state index >= 15 is 0 Å². The van der Waals surface area contributed by atoms with Crippen LogP contribution in [-0.2, 0) is 0 Å². The Bertz CT molecular complexity index is 2210. The number of rotatable bonds is 2. The number of aromatic nitrogens is 1. The van der Waals surface area contributed by atoms with Gasteiger partial charge in [-0.05, 0) is 86.8 Å². The van der Waals surface area contributed by atoms with E-state index in [2.05, 4.69) is 144 Å². The lowest BCUT2D eigenvalue weighted by Gasteiger charge is -2.24. The number of hydrogen-bond acceptors (Lipinski definition) is 1. The van der Waals surface area contributed by atoms with Crippen molar-refractivity contribution in [1.82, 2.24) is 4.57 Å². The fraction of sp³-hybridized carbons (Fsp3) is 0.0526. The van der Waals surface area contributed by atoms with Crippen LogP contribution in [-0.4, -0.2) is 9.82 Å². The minimum Gasteiger partial charge on any atom is -0.309 e. The molecule has 1 nitrogen and oxygen atoms in total. The number of thioether (sulfide) groups is 1. The summed E-state index contributed by atoms with van der Waals surface area (Å²) in [7, 11) is 0. The SMILES string of the molecule is C1=CC(c2ccc3c(c2)c2ccccc2n3-c2ccc3cc4ccccc4cc3c2)C2Sc3ccccc3C2=C1. The molecule has 2 heteroatoms. The lowest BCUT2D eigenvalue weighted by molar-refractivity contribution is 0.893. The van der Waals surface area contributed by atoms with Gasteiger partial charge in [0, 0.05) is 32.5 Å². The largest absolute Gasteiger partial charge is 0.309 e. The highest BCUT2D eigenvalue weighted by molar-refractivity contribution is 8.01. The van der Waals surface area contributed by atoms with Crippen molar-refractivity contribution in [2.24, 2.45) is 0 Å². The summed E-state index contributed by atoms with van der Waals surface area (Å²) in [6.07, 6.45) is 6.96. The van der Waals surface area contributed by atoms with Crippen LogP contribution in [0.3, 0.4) is 0 Å². The van der Waals surface area contributed by atoms with Crippen molar-refractivity contribution in [2.75, 3.05) is 0 Å². The van der Waals surface area contributed by atoms with E-state index in [9.17, 15) is 0 Å². The highest BCUT2D eigenvalue weighted by Crippen LogP contribution is 2.52. The zero-order valence-corrected chi connectivity index (χ0v) is 22.6. The van der Waals surface area contributed by atoms with Gasteiger partial charge in [-0.25, -0.2) is 0 Å². The summed E-state index contributed by atoms with van der Waals surface area (Å²) in [5.41, 5.74) is 7.94. The van der Waals surface area contributed by atoms with E-state index in [1.54, 1.807) is 0 Å². The van der Waals surface area contributed by atoms with Crippen molar-refractivity contribution in [3.05, 3.63) is 151 Å². The number of para-hydroxylation sites is 1. The third kappa shape index (κ3) is 3.23. The second kappa shape index (κ2) is 8.48. The second-order valence-corrected chi connectivity index (χ2v) is 12.1. The van der Waals surface area contributed by atoms with Crippen molar-refractivity contribution in [1.29, 1.82) is 0 Å². The molecule has 1 aliphatic heterocycles. The van der Waals surface area contributed by atoms with E-state index in [0.717, 1.165) is 0 Å². The van der Waals surface area contributed by atoms with Gasteiger partial charge >= 0.3 is 0 Å². The first-order chi connectivity index (χ1) is 19.8. The molecule has 2 heterocycles. The Hall–Kier alpha value is -4.53. The molecule has 0 bridgehead atoms. The zero-order valence-electron chi connectivity index (χ0n) is 21.8. The lowest BCUT2D eigenvalue weighted by atomic mass is 9.85. The van der Waals surface area contributed by atoms with Gasteiger partial charge in [-0.3, -0.25) is 0 Å². The average molecular weight is 528 g/mol. The van der Waals surface area contributed by atoms with Gasteiger partial charge in [-0.1, -0.05) is 91.0 Å². The van der Waals surface area contributed by atoms with Gasteiger partial charge in [0.15, 0.2) is 0 Å². The minimum absolute atomic E-state index is 0.345. The van der Waals surface area contributed by atoms with E-state index < -0.39 is 0 Å². The maximum atomic E-state index is 2.45. The van der Waals surface area contributed by atoms with Crippen LogP contribution in [0.15, 0.2) is 144 Å². The van der Waals surface area contributed by atoms with Crippen LogP contribution in [0.2, 0.25) is 0 Å². The molecule has 2 aliphatic rings. The molecule has 1 aromatic heterocycles. The Balaban J connectivity index is 1.20. The molecule has 7 aromatic rings. The van der Waals surface area contributed by atoms with Crippen molar-refractivity contribution in [3.8, 4) is 5.69 Å². The van der Waals surface area contributed by atoms with Crippen molar-refractivity contribution >= 4 is 60.7 Å².